The van der Waals surface area contributed by atoms with Crippen molar-refractivity contribution >= 4 is 22.2 Å². The van der Waals surface area contributed by atoms with Gasteiger partial charge in [-0.3, -0.25) is 0 Å². The standard InChI is InChI=1S/C2H2F4O3S2/c3-1(4)10(7)9-11(8)2(5)6/h1-2H. The Labute approximate surface area is 64.0 Å². The number of hydrogen-bond acceptors (Lipinski definition) is 3. The van der Waals surface area contributed by atoms with Gasteiger partial charge in [0.05, 0.1) is 0 Å². The molecule has 0 aliphatic rings. The summed E-state index contributed by atoms with van der Waals surface area (Å²) in [6, 6.07) is 0. The first kappa shape index (κ1) is 11.0. The zero-order chi connectivity index (χ0) is 9.02. The first-order valence-electron chi connectivity index (χ1n) is 2.01. The second kappa shape index (κ2) is 4.78. The van der Waals surface area contributed by atoms with Gasteiger partial charge in [-0.1, -0.05) is 0 Å². The van der Waals surface area contributed by atoms with Crippen molar-refractivity contribution in [1.29, 1.82) is 0 Å². The molecule has 0 aromatic carbocycles. The summed E-state index contributed by atoms with van der Waals surface area (Å²) in [6.45, 7) is 0. The molecule has 0 unspecified atom stereocenters. The first-order chi connectivity index (χ1) is 4.95. The van der Waals surface area contributed by atoms with Crippen molar-refractivity contribution in [2.24, 2.45) is 0 Å². The third kappa shape index (κ3) is 4.43. The Balaban J connectivity index is 3.86. The summed E-state index contributed by atoms with van der Waals surface area (Å²) in [6.07, 6.45) is 0. The molecule has 0 saturated heterocycles. The second-order valence-corrected chi connectivity index (χ2v) is 3.41. The van der Waals surface area contributed by atoms with Crippen LogP contribution in [0.3, 0.4) is 0 Å². The van der Waals surface area contributed by atoms with Gasteiger partial charge in [0.2, 0.25) is 22.2 Å². The molecule has 0 radical (unpaired) electrons. The van der Waals surface area contributed by atoms with E-state index >= 15 is 0 Å². The number of alkyl halides is 4. The largest absolute Gasteiger partial charge is 0.337 e. The SMILES string of the molecule is O=S(OS(=O)C(F)F)C(F)F. The minimum Gasteiger partial charge on any atom is -0.222 e. The normalized spacial score (nSPS) is 17.3. The molecule has 3 nitrogen and oxygen atoms in total. The molecule has 0 aromatic heterocycles. The van der Waals surface area contributed by atoms with Gasteiger partial charge in [0.25, 0.3) is 0 Å². The van der Waals surface area contributed by atoms with E-state index in [1.165, 1.54) is 0 Å². The zero-order valence-electron chi connectivity index (χ0n) is 4.71. The van der Waals surface area contributed by atoms with Crippen LogP contribution in [-0.4, -0.2) is 19.9 Å². The van der Waals surface area contributed by atoms with Crippen molar-refractivity contribution in [3.05, 3.63) is 0 Å². The molecule has 0 spiro atoms. The Morgan fingerprint density at radius 1 is 0.909 bits per heavy atom. The molecule has 0 atom stereocenters. The second-order valence-electron chi connectivity index (χ2n) is 1.11. The highest BCUT2D eigenvalue weighted by Crippen LogP contribution is 2.08. The molecule has 0 aliphatic heterocycles. The highest BCUT2D eigenvalue weighted by atomic mass is 32.3. The Bertz CT molecular complexity index is 153. The minimum atomic E-state index is -3.43. The number of halogens is 4. The van der Waals surface area contributed by atoms with Crippen molar-refractivity contribution < 1.29 is 29.6 Å². The van der Waals surface area contributed by atoms with Gasteiger partial charge in [-0.2, -0.15) is 21.2 Å². The smallest absolute Gasteiger partial charge is 0.222 e. The third-order valence-corrected chi connectivity index (χ3v) is 2.08. The van der Waals surface area contributed by atoms with Crippen LogP contribution in [-0.2, 0) is 25.8 Å². The van der Waals surface area contributed by atoms with E-state index in [9.17, 15) is 26.0 Å². The van der Waals surface area contributed by atoms with Crippen LogP contribution in [0.25, 0.3) is 0 Å². The summed E-state index contributed by atoms with van der Waals surface area (Å²) in [5.41, 5.74) is 0. The Kier molecular flexibility index (Phi) is 4.77. The van der Waals surface area contributed by atoms with E-state index in [2.05, 4.69) is 3.63 Å². The Morgan fingerprint density at radius 3 is 1.36 bits per heavy atom. The Hall–Kier alpha value is -0.0200. The fourth-order valence-electron chi connectivity index (χ4n) is 0.125. The van der Waals surface area contributed by atoms with E-state index in [0.717, 1.165) is 0 Å². The van der Waals surface area contributed by atoms with Crippen molar-refractivity contribution in [1.82, 2.24) is 0 Å². The maximum atomic E-state index is 11.2. The summed E-state index contributed by atoms with van der Waals surface area (Å²) in [7, 11) is 0. The van der Waals surface area contributed by atoms with Gasteiger partial charge in [0.15, 0.2) is 0 Å². The van der Waals surface area contributed by atoms with Crippen LogP contribution >= 0.6 is 0 Å². The molecule has 9 heteroatoms. The van der Waals surface area contributed by atoms with Crippen LogP contribution in [0, 0.1) is 0 Å². The van der Waals surface area contributed by atoms with Gasteiger partial charge < -0.3 is 0 Å². The number of hydrogen-bond donors (Lipinski definition) is 0. The summed E-state index contributed by atoms with van der Waals surface area (Å²) >= 11 is -6.47. The average Bonchev–Trinajstić information content (AvgIpc) is 1.87. The molecular formula is C2H2F4O3S2. The Morgan fingerprint density at radius 2 is 1.18 bits per heavy atom. The highest BCUT2D eigenvalue weighted by Gasteiger charge is 2.23. The van der Waals surface area contributed by atoms with Crippen LogP contribution in [0.1, 0.15) is 0 Å². The lowest BCUT2D eigenvalue weighted by Crippen LogP contribution is -2.13. The van der Waals surface area contributed by atoms with Crippen LogP contribution in [0.5, 0.6) is 0 Å². The van der Waals surface area contributed by atoms with Crippen molar-refractivity contribution in [2.75, 3.05) is 0 Å². The van der Waals surface area contributed by atoms with Crippen molar-refractivity contribution in [3.8, 4) is 0 Å². The maximum Gasteiger partial charge on any atom is 0.337 e. The first-order valence-corrected chi connectivity index (χ1v) is 4.29. The predicted molar refractivity (Wildman–Crippen MR) is 29.4 cm³/mol. The van der Waals surface area contributed by atoms with Gasteiger partial charge in [0.1, 0.15) is 0 Å². The average molecular weight is 214 g/mol. The molecule has 0 heterocycles. The van der Waals surface area contributed by atoms with Crippen LogP contribution in [0.2, 0.25) is 0 Å². The highest BCUT2D eigenvalue weighted by molar-refractivity contribution is 7.93. The fourth-order valence-corrected chi connectivity index (χ4v) is 1.13. The lowest BCUT2D eigenvalue weighted by Gasteiger charge is -1.98. The van der Waals surface area contributed by atoms with E-state index in [1.54, 1.807) is 0 Å². The van der Waals surface area contributed by atoms with E-state index in [1.807, 2.05) is 0 Å². The molecule has 0 rings (SSSR count). The van der Waals surface area contributed by atoms with Gasteiger partial charge in [-0.15, -0.1) is 0 Å². The zero-order valence-corrected chi connectivity index (χ0v) is 6.34. The topological polar surface area (TPSA) is 43.4 Å². The van der Waals surface area contributed by atoms with Crippen LogP contribution in [0.4, 0.5) is 17.6 Å². The molecule has 0 bridgehead atoms. The van der Waals surface area contributed by atoms with E-state index < -0.39 is 33.7 Å². The van der Waals surface area contributed by atoms with Gasteiger partial charge >= 0.3 is 11.5 Å². The van der Waals surface area contributed by atoms with Gasteiger partial charge in [-0.25, -0.2) is 8.42 Å². The lowest BCUT2D eigenvalue weighted by molar-refractivity contribution is 0.222. The molecule has 0 fully saturated rings. The molecule has 0 aromatic rings. The fraction of sp³-hybridized carbons (Fsp3) is 1.00. The molecule has 68 valence electrons. The van der Waals surface area contributed by atoms with Crippen molar-refractivity contribution in [2.45, 2.75) is 11.5 Å². The third-order valence-electron chi connectivity index (χ3n) is 0.425. The summed E-state index contributed by atoms with van der Waals surface area (Å²) in [5.74, 6) is -6.87. The summed E-state index contributed by atoms with van der Waals surface area (Å²) in [5, 5.41) is 0. The quantitative estimate of drug-likeness (QED) is 0.649. The molecule has 0 N–H and O–H groups in total. The molecular weight excluding hydrogens is 212 g/mol. The maximum absolute atomic E-state index is 11.2. The molecule has 0 saturated carbocycles. The summed E-state index contributed by atoms with van der Waals surface area (Å²) in [4.78, 5) is 0. The van der Waals surface area contributed by atoms with E-state index in [-0.39, 0.29) is 0 Å². The molecule has 0 aliphatic carbocycles. The molecule has 11 heavy (non-hydrogen) atoms. The molecule has 0 amide bonds. The van der Waals surface area contributed by atoms with Crippen LogP contribution < -0.4 is 0 Å². The van der Waals surface area contributed by atoms with Crippen molar-refractivity contribution in [3.63, 3.8) is 0 Å². The van der Waals surface area contributed by atoms with E-state index in [4.69, 9.17) is 0 Å². The summed E-state index contributed by atoms with van der Waals surface area (Å²) < 4.78 is 67.9. The van der Waals surface area contributed by atoms with E-state index in [0.29, 0.717) is 0 Å². The predicted octanol–water partition coefficient (Wildman–Crippen LogP) is 0.776. The minimum absolute atomic E-state index is 3.22. The van der Waals surface area contributed by atoms with Gasteiger partial charge in [-0.05, 0) is 0 Å². The monoisotopic (exact) mass is 214 g/mol. The lowest BCUT2D eigenvalue weighted by atomic mass is 11.7. The van der Waals surface area contributed by atoms with Gasteiger partial charge in [0, 0.05) is 0 Å². The van der Waals surface area contributed by atoms with Crippen LogP contribution in [0.15, 0.2) is 0 Å². The number of rotatable bonds is 4.